The van der Waals surface area contributed by atoms with Crippen molar-refractivity contribution in [3.8, 4) is 0 Å². The van der Waals surface area contributed by atoms with E-state index < -0.39 is 12.0 Å². The van der Waals surface area contributed by atoms with Crippen LogP contribution in [-0.4, -0.2) is 29.1 Å². The molecule has 16 heavy (non-hydrogen) atoms. The minimum Gasteiger partial charge on any atom is -0.480 e. The molecule has 1 aliphatic carbocycles. The van der Waals surface area contributed by atoms with Crippen LogP contribution < -0.4 is 11.1 Å². The Morgan fingerprint density at radius 2 is 1.81 bits per heavy atom. The summed E-state index contributed by atoms with van der Waals surface area (Å²) in [5.41, 5.74) is 5.29. The van der Waals surface area contributed by atoms with Gasteiger partial charge in [0.2, 0.25) is 5.91 Å². The molecule has 5 heteroatoms. The molecule has 1 atom stereocenters. The first kappa shape index (κ1) is 13.0. The van der Waals surface area contributed by atoms with E-state index in [0.717, 1.165) is 25.7 Å². The summed E-state index contributed by atoms with van der Waals surface area (Å²) in [4.78, 5) is 22.0. The van der Waals surface area contributed by atoms with Crippen LogP contribution in [0.4, 0.5) is 0 Å². The summed E-state index contributed by atoms with van der Waals surface area (Å²) in [6.07, 6.45) is 6.57. The van der Waals surface area contributed by atoms with Crippen LogP contribution in [-0.2, 0) is 9.59 Å². The Morgan fingerprint density at radius 1 is 1.25 bits per heavy atom. The highest BCUT2D eigenvalue weighted by Gasteiger charge is 2.19. The summed E-state index contributed by atoms with van der Waals surface area (Å²) in [5, 5.41) is 11.4. The van der Waals surface area contributed by atoms with Gasteiger partial charge in [0.15, 0.2) is 0 Å². The van der Waals surface area contributed by atoms with E-state index >= 15 is 0 Å². The van der Waals surface area contributed by atoms with Gasteiger partial charge in [-0.2, -0.15) is 0 Å². The largest absolute Gasteiger partial charge is 0.480 e. The Hall–Kier alpha value is -1.10. The number of aliphatic carboxylic acids is 1. The molecule has 1 fully saturated rings. The van der Waals surface area contributed by atoms with Gasteiger partial charge < -0.3 is 16.2 Å². The van der Waals surface area contributed by atoms with Crippen molar-refractivity contribution in [2.24, 2.45) is 5.73 Å². The molecule has 0 radical (unpaired) electrons. The highest BCUT2D eigenvalue weighted by atomic mass is 16.4. The number of amides is 1. The summed E-state index contributed by atoms with van der Waals surface area (Å²) in [7, 11) is 0. The van der Waals surface area contributed by atoms with Gasteiger partial charge in [0.05, 0.1) is 6.42 Å². The third kappa shape index (κ3) is 4.61. The van der Waals surface area contributed by atoms with Crippen molar-refractivity contribution in [1.29, 1.82) is 0 Å². The molecule has 92 valence electrons. The van der Waals surface area contributed by atoms with E-state index in [0.29, 0.717) is 0 Å². The average Bonchev–Trinajstić information content (AvgIpc) is 2.45. The molecule has 0 bridgehead atoms. The van der Waals surface area contributed by atoms with Crippen molar-refractivity contribution < 1.29 is 14.7 Å². The number of hydrogen-bond donors (Lipinski definition) is 3. The second kappa shape index (κ2) is 6.48. The summed E-state index contributed by atoms with van der Waals surface area (Å²) in [6.45, 7) is 0. The highest BCUT2D eigenvalue weighted by molar-refractivity contribution is 5.84. The fourth-order valence-electron chi connectivity index (χ4n) is 2.00. The minimum atomic E-state index is -1.13. The second-order valence-corrected chi connectivity index (χ2v) is 4.40. The van der Waals surface area contributed by atoms with Crippen molar-refractivity contribution in [2.75, 3.05) is 0 Å². The van der Waals surface area contributed by atoms with Gasteiger partial charge in [-0.05, 0) is 12.8 Å². The first-order valence-corrected chi connectivity index (χ1v) is 5.87. The zero-order valence-electron chi connectivity index (χ0n) is 9.45. The van der Waals surface area contributed by atoms with Crippen LogP contribution in [0.5, 0.6) is 0 Å². The van der Waals surface area contributed by atoms with Crippen LogP contribution in [0.15, 0.2) is 0 Å². The molecule has 5 nitrogen and oxygen atoms in total. The van der Waals surface area contributed by atoms with E-state index in [1.54, 1.807) is 0 Å². The molecule has 1 rings (SSSR count). The topological polar surface area (TPSA) is 92.4 Å². The quantitative estimate of drug-likeness (QED) is 0.615. The van der Waals surface area contributed by atoms with Gasteiger partial charge in [-0.3, -0.25) is 9.59 Å². The molecule has 1 unspecified atom stereocenters. The number of carboxylic acid groups (broad SMARTS) is 1. The standard InChI is InChI=1S/C11H20N2O3/c12-9(11(15)16)7-10(14)13-8-5-3-1-2-4-6-8/h8-9H,1-7,12H2,(H,13,14)(H,15,16). The maximum absolute atomic E-state index is 11.5. The molecule has 0 aromatic carbocycles. The number of carbonyl (C=O) groups excluding carboxylic acids is 1. The molecule has 1 saturated carbocycles. The van der Waals surface area contributed by atoms with Crippen LogP contribution >= 0.6 is 0 Å². The Morgan fingerprint density at radius 3 is 2.31 bits per heavy atom. The monoisotopic (exact) mass is 228 g/mol. The molecule has 1 aliphatic rings. The predicted octanol–water partition coefficient (Wildman–Crippen LogP) is 0.627. The molecule has 0 heterocycles. The zero-order chi connectivity index (χ0) is 12.0. The van der Waals surface area contributed by atoms with Gasteiger partial charge in [-0.15, -0.1) is 0 Å². The van der Waals surface area contributed by atoms with Gasteiger partial charge in [0, 0.05) is 6.04 Å². The Bertz CT molecular complexity index is 248. The van der Waals surface area contributed by atoms with Gasteiger partial charge in [-0.25, -0.2) is 0 Å². The van der Waals surface area contributed by atoms with Crippen molar-refractivity contribution in [3.05, 3.63) is 0 Å². The van der Waals surface area contributed by atoms with Crippen LogP contribution in [0.2, 0.25) is 0 Å². The smallest absolute Gasteiger partial charge is 0.321 e. The third-order valence-corrected chi connectivity index (χ3v) is 2.94. The number of nitrogens with one attached hydrogen (secondary N) is 1. The van der Waals surface area contributed by atoms with E-state index in [1.165, 1.54) is 12.8 Å². The van der Waals surface area contributed by atoms with Crippen molar-refractivity contribution in [2.45, 2.75) is 57.0 Å². The van der Waals surface area contributed by atoms with Crippen molar-refractivity contribution >= 4 is 11.9 Å². The van der Waals surface area contributed by atoms with E-state index in [4.69, 9.17) is 10.8 Å². The second-order valence-electron chi connectivity index (χ2n) is 4.40. The third-order valence-electron chi connectivity index (χ3n) is 2.94. The molecule has 0 spiro atoms. The normalized spacial score (nSPS) is 19.8. The summed E-state index contributed by atoms with van der Waals surface area (Å²) in [5.74, 6) is -1.38. The molecule has 0 saturated heterocycles. The van der Waals surface area contributed by atoms with Gasteiger partial charge in [-0.1, -0.05) is 25.7 Å². The fourth-order valence-corrected chi connectivity index (χ4v) is 2.00. The minimum absolute atomic E-state index is 0.133. The number of nitrogens with two attached hydrogens (primary N) is 1. The van der Waals surface area contributed by atoms with E-state index in [-0.39, 0.29) is 18.4 Å². The Balaban J connectivity index is 2.29. The first-order chi connectivity index (χ1) is 7.59. The van der Waals surface area contributed by atoms with Gasteiger partial charge in [0.25, 0.3) is 0 Å². The highest BCUT2D eigenvalue weighted by Crippen LogP contribution is 2.17. The summed E-state index contributed by atoms with van der Waals surface area (Å²) >= 11 is 0. The molecule has 0 aromatic rings. The van der Waals surface area contributed by atoms with Gasteiger partial charge >= 0.3 is 5.97 Å². The summed E-state index contributed by atoms with van der Waals surface area (Å²) < 4.78 is 0. The predicted molar refractivity (Wildman–Crippen MR) is 59.9 cm³/mol. The Labute approximate surface area is 95.4 Å². The van der Waals surface area contributed by atoms with Crippen LogP contribution in [0.1, 0.15) is 44.9 Å². The van der Waals surface area contributed by atoms with E-state index in [2.05, 4.69) is 5.32 Å². The summed E-state index contributed by atoms with van der Waals surface area (Å²) in [6, 6.07) is -0.887. The fraction of sp³-hybridized carbons (Fsp3) is 0.818. The molecule has 0 aromatic heterocycles. The lowest BCUT2D eigenvalue weighted by Gasteiger charge is -2.16. The molecular formula is C11H20N2O3. The number of carboxylic acids is 1. The van der Waals surface area contributed by atoms with Gasteiger partial charge in [0.1, 0.15) is 6.04 Å². The lowest BCUT2D eigenvalue weighted by atomic mass is 10.1. The Kier molecular flexibility index (Phi) is 5.25. The van der Waals surface area contributed by atoms with Crippen molar-refractivity contribution in [3.63, 3.8) is 0 Å². The van der Waals surface area contributed by atoms with E-state index in [1.807, 2.05) is 0 Å². The van der Waals surface area contributed by atoms with Crippen molar-refractivity contribution in [1.82, 2.24) is 5.32 Å². The average molecular weight is 228 g/mol. The first-order valence-electron chi connectivity index (χ1n) is 5.87. The molecule has 0 aliphatic heterocycles. The number of carbonyl (C=O) groups is 2. The maximum atomic E-state index is 11.5. The van der Waals surface area contributed by atoms with E-state index in [9.17, 15) is 9.59 Å². The van der Waals surface area contributed by atoms with Crippen LogP contribution in [0, 0.1) is 0 Å². The van der Waals surface area contributed by atoms with Crippen LogP contribution in [0.3, 0.4) is 0 Å². The SMILES string of the molecule is NC(CC(=O)NC1CCCCCC1)C(=O)O. The lowest BCUT2D eigenvalue weighted by Crippen LogP contribution is -2.40. The number of hydrogen-bond acceptors (Lipinski definition) is 3. The van der Waals surface area contributed by atoms with Crippen LogP contribution in [0.25, 0.3) is 0 Å². The zero-order valence-corrected chi connectivity index (χ0v) is 9.45. The molecular weight excluding hydrogens is 208 g/mol. The molecule has 4 N–H and O–H groups in total. The number of rotatable bonds is 4. The maximum Gasteiger partial charge on any atom is 0.321 e. The molecule has 1 amide bonds. The lowest BCUT2D eigenvalue weighted by molar-refractivity contribution is -0.140.